The average molecular weight is 299 g/mol. The highest BCUT2D eigenvalue weighted by atomic mass is 32.1. The summed E-state index contributed by atoms with van der Waals surface area (Å²) in [5.74, 6) is -4.32. The fraction of sp³-hybridized carbons (Fsp3) is 0.889. The van der Waals surface area contributed by atoms with Crippen LogP contribution in [0.1, 0.15) is 0 Å². The van der Waals surface area contributed by atoms with Gasteiger partial charge in [-0.2, -0.15) is 12.6 Å². The van der Waals surface area contributed by atoms with E-state index in [0.29, 0.717) is 0 Å². The van der Waals surface area contributed by atoms with Gasteiger partial charge in [0.15, 0.2) is 12.2 Å². The largest absolute Gasteiger partial charge is 0.426 e. The monoisotopic (exact) mass is 299 g/mol. The third kappa shape index (κ3) is 2.85. The van der Waals surface area contributed by atoms with Gasteiger partial charge in [0.2, 0.25) is 0 Å². The van der Waals surface area contributed by atoms with Crippen molar-refractivity contribution < 1.29 is 40.2 Å². The van der Waals surface area contributed by atoms with Crippen LogP contribution in [-0.2, 0) is 9.53 Å². The lowest BCUT2D eigenvalue weighted by molar-refractivity contribution is -0.348. The van der Waals surface area contributed by atoms with Gasteiger partial charge in [-0.3, -0.25) is 4.79 Å². The van der Waals surface area contributed by atoms with E-state index in [4.69, 9.17) is 5.73 Å². The number of aliphatic hydroxyl groups excluding tert-OH is 5. The van der Waals surface area contributed by atoms with Crippen LogP contribution in [0.5, 0.6) is 0 Å². The smallest absolute Gasteiger partial charge is 0.326 e. The van der Waals surface area contributed by atoms with Crippen molar-refractivity contribution in [1.29, 1.82) is 0 Å². The van der Waals surface area contributed by atoms with Crippen LogP contribution in [0, 0.1) is 0 Å². The van der Waals surface area contributed by atoms with Crippen LogP contribution in [0.2, 0.25) is 0 Å². The van der Waals surface area contributed by atoms with Crippen LogP contribution in [0.4, 0.5) is 0 Å². The molecule has 7 atom stereocenters. The van der Waals surface area contributed by atoms with Gasteiger partial charge in [0.1, 0.15) is 24.4 Å². The Morgan fingerprint density at radius 1 is 1.16 bits per heavy atom. The molecule has 0 amide bonds. The van der Waals surface area contributed by atoms with E-state index in [1.807, 2.05) is 0 Å². The van der Waals surface area contributed by atoms with Gasteiger partial charge in [0.05, 0.1) is 0 Å². The number of carbonyl (C=O) groups is 1. The van der Waals surface area contributed by atoms with Crippen molar-refractivity contribution in [2.24, 2.45) is 5.73 Å². The van der Waals surface area contributed by atoms with Gasteiger partial charge >= 0.3 is 5.97 Å². The molecular formula is C9H17NO8S. The van der Waals surface area contributed by atoms with E-state index in [2.05, 4.69) is 17.4 Å². The Kier molecular flexibility index (Phi) is 5.15. The third-order valence-electron chi connectivity index (χ3n) is 2.96. The van der Waals surface area contributed by atoms with Gasteiger partial charge in [-0.25, -0.2) is 0 Å². The Bertz CT molecular complexity index is 326. The second-order valence-corrected chi connectivity index (χ2v) is 4.69. The van der Waals surface area contributed by atoms with Crippen LogP contribution in [-0.4, -0.2) is 84.7 Å². The maximum Gasteiger partial charge on any atom is 0.326 e. The fourth-order valence-corrected chi connectivity index (χ4v) is 1.82. The van der Waals surface area contributed by atoms with E-state index in [0.717, 1.165) is 0 Å². The number of hydrogen-bond acceptors (Lipinski definition) is 10. The number of ether oxygens (including phenoxy) is 1. The van der Waals surface area contributed by atoms with Gasteiger partial charge in [-0.1, -0.05) is 0 Å². The first-order valence-corrected chi connectivity index (χ1v) is 6.02. The molecule has 0 aromatic rings. The van der Waals surface area contributed by atoms with E-state index < -0.39 is 48.3 Å². The molecule has 8 N–H and O–H groups in total. The zero-order valence-corrected chi connectivity index (χ0v) is 10.6. The van der Waals surface area contributed by atoms with Crippen molar-refractivity contribution in [2.75, 3.05) is 5.75 Å². The summed E-state index contributed by atoms with van der Waals surface area (Å²) < 4.78 is 4.46. The molecular weight excluding hydrogens is 282 g/mol. The van der Waals surface area contributed by atoms with Gasteiger partial charge in [0, 0.05) is 5.75 Å². The molecule has 0 bridgehead atoms. The van der Waals surface area contributed by atoms with Crippen molar-refractivity contribution in [3.63, 3.8) is 0 Å². The lowest BCUT2D eigenvalue weighted by atomic mass is 9.82. The minimum atomic E-state index is -2.99. The number of rotatable bonds is 3. The predicted octanol–water partition coefficient (Wildman–Crippen LogP) is -4.71. The Hall–Kier alpha value is -0.460. The SMILES string of the molecule is N[C@@H](CS)C(=O)O[C@]1(O)[C@H](O)[C@H](O)[C@@H](O)[C@H](O)[C@H]1O. The minimum absolute atomic E-state index is 0.130. The molecule has 0 aromatic heterocycles. The van der Waals surface area contributed by atoms with E-state index in [1.165, 1.54) is 0 Å². The minimum Gasteiger partial charge on any atom is -0.426 e. The molecule has 112 valence electrons. The van der Waals surface area contributed by atoms with Crippen LogP contribution >= 0.6 is 12.6 Å². The molecule has 0 aromatic carbocycles. The van der Waals surface area contributed by atoms with Crippen LogP contribution in [0.25, 0.3) is 0 Å². The van der Waals surface area contributed by atoms with E-state index in [-0.39, 0.29) is 5.75 Å². The van der Waals surface area contributed by atoms with E-state index in [9.17, 15) is 35.4 Å². The lowest BCUT2D eigenvalue weighted by Gasteiger charge is -2.46. The van der Waals surface area contributed by atoms with E-state index in [1.54, 1.807) is 0 Å². The Morgan fingerprint density at radius 3 is 1.95 bits per heavy atom. The van der Waals surface area contributed by atoms with Gasteiger partial charge in [-0.15, -0.1) is 0 Å². The maximum absolute atomic E-state index is 11.4. The molecule has 1 rings (SSSR count). The first-order valence-electron chi connectivity index (χ1n) is 5.38. The zero-order chi connectivity index (χ0) is 15.0. The molecule has 1 aliphatic carbocycles. The summed E-state index contributed by atoms with van der Waals surface area (Å²) in [6.45, 7) is 0. The summed E-state index contributed by atoms with van der Waals surface area (Å²) in [6.07, 6.45) is -10.4. The fourth-order valence-electron chi connectivity index (χ4n) is 1.67. The zero-order valence-electron chi connectivity index (χ0n) is 9.70. The molecule has 1 fully saturated rings. The highest BCUT2D eigenvalue weighted by Gasteiger charge is 2.60. The second-order valence-electron chi connectivity index (χ2n) is 4.32. The lowest BCUT2D eigenvalue weighted by Crippen LogP contribution is -2.72. The molecule has 10 heteroatoms. The summed E-state index contributed by atoms with van der Waals surface area (Å²) in [7, 11) is 0. The number of aliphatic hydroxyl groups is 6. The summed E-state index contributed by atoms with van der Waals surface area (Å²) >= 11 is 3.72. The molecule has 0 unspecified atom stereocenters. The molecule has 19 heavy (non-hydrogen) atoms. The number of nitrogens with two attached hydrogens (primary N) is 1. The first kappa shape index (κ1) is 16.6. The topological polar surface area (TPSA) is 174 Å². The number of carbonyl (C=O) groups excluding carboxylic acids is 1. The second kappa shape index (κ2) is 5.89. The summed E-state index contributed by atoms with van der Waals surface area (Å²) in [6, 6.07) is -1.24. The maximum atomic E-state index is 11.4. The summed E-state index contributed by atoms with van der Waals surface area (Å²) in [4.78, 5) is 11.4. The molecule has 0 radical (unpaired) electrons. The molecule has 0 spiro atoms. The van der Waals surface area contributed by atoms with Gasteiger partial charge in [0.25, 0.3) is 5.79 Å². The molecule has 1 aliphatic rings. The summed E-state index contributed by atoms with van der Waals surface area (Å²) in [5, 5.41) is 57.2. The summed E-state index contributed by atoms with van der Waals surface area (Å²) in [5.41, 5.74) is 5.28. The Morgan fingerprint density at radius 2 is 1.58 bits per heavy atom. The average Bonchev–Trinajstić information content (AvgIpc) is 2.40. The van der Waals surface area contributed by atoms with Crippen LogP contribution < -0.4 is 5.73 Å². The normalized spacial score (nSPS) is 44.7. The third-order valence-corrected chi connectivity index (χ3v) is 3.35. The Balaban J connectivity index is 2.97. The number of hydrogen-bond donors (Lipinski definition) is 8. The molecule has 0 aliphatic heterocycles. The van der Waals surface area contributed by atoms with Gasteiger partial charge in [-0.05, 0) is 0 Å². The standard InChI is InChI=1S/C9H17NO8S/c10-2(1-19)8(16)18-9(17)6(14)4(12)3(11)5(13)7(9)15/h2-7,11-15,17,19H,1,10H2/t2-,3-,4-,5+,6+,7+,9-/m0/s1. The highest BCUT2D eigenvalue weighted by Crippen LogP contribution is 2.31. The van der Waals surface area contributed by atoms with Crippen molar-refractivity contribution >= 4 is 18.6 Å². The molecule has 0 heterocycles. The predicted molar refractivity (Wildman–Crippen MR) is 62.9 cm³/mol. The Labute approximate surface area is 113 Å². The molecule has 1 saturated carbocycles. The van der Waals surface area contributed by atoms with Gasteiger partial charge < -0.3 is 41.1 Å². The quantitative estimate of drug-likeness (QED) is 0.145. The number of esters is 1. The van der Waals surface area contributed by atoms with Crippen molar-refractivity contribution in [3.8, 4) is 0 Å². The van der Waals surface area contributed by atoms with E-state index >= 15 is 0 Å². The van der Waals surface area contributed by atoms with Crippen molar-refractivity contribution in [2.45, 2.75) is 42.3 Å². The van der Waals surface area contributed by atoms with Crippen LogP contribution in [0.15, 0.2) is 0 Å². The van der Waals surface area contributed by atoms with Crippen LogP contribution in [0.3, 0.4) is 0 Å². The van der Waals surface area contributed by atoms with Crippen molar-refractivity contribution in [3.05, 3.63) is 0 Å². The molecule has 9 nitrogen and oxygen atoms in total. The number of thiol groups is 1. The van der Waals surface area contributed by atoms with Crippen molar-refractivity contribution in [1.82, 2.24) is 0 Å². The molecule has 0 saturated heterocycles. The highest BCUT2D eigenvalue weighted by molar-refractivity contribution is 7.80. The first-order chi connectivity index (χ1) is 8.66.